The molecule has 2 aromatic heterocycles. The molecule has 0 fully saturated rings. The van der Waals surface area contributed by atoms with Crippen LogP contribution in [0.1, 0.15) is 19.9 Å². The first-order chi connectivity index (χ1) is 13.1. The largest absolute Gasteiger partial charge is 0.497 e. The maximum absolute atomic E-state index is 12.1. The molecular formula is C22H20N2O3. The SMILES string of the molecule is COc1ccc2c(-c3ccc(=O)n(C(C)C)n3)c(-c3ccccc3)oc2c1. The van der Waals surface area contributed by atoms with Gasteiger partial charge in [-0.25, -0.2) is 4.68 Å². The van der Waals surface area contributed by atoms with Crippen molar-refractivity contribution in [3.63, 3.8) is 0 Å². The van der Waals surface area contributed by atoms with E-state index in [0.29, 0.717) is 11.3 Å². The minimum absolute atomic E-state index is 0.0316. The van der Waals surface area contributed by atoms with Gasteiger partial charge in [-0.15, -0.1) is 0 Å². The number of fused-ring (bicyclic) bond motifs is 1. The van der Waals surface area contributed by atoms with Gasteiger partial charge < -0.3 is 9.15 Å². The van der Waals surface area contributed by atoms with Crippen molar-refractivity contribution >= 4 is 11.0 Å². The lowest BCUT2D eigenvalue weighted by Gasteiger charge is -2.10. The highest BCUT2D eigenvalue weighted by Crippen LogP contribution is 2.40. The lowest BCUT2D eigenvalue weighted by Crippen LogP contribution is -2.23. The smallest absolute Gasteiger partial charge is 0.267 e. The molecule has 0 N–H and O–H groups in total. The molecule has 4 aromatic rings. The van der Waals surface area contributed by atoms with E-state index < -0.39 is 0 Å². The monoisotopic (exact) mass is 360 g/mol. The quantitative estimate of drug-likeness (QED) is 0.519. The van der Waals surface area contributed by atoms with E-state index in [1.807, 2.05) is 62.4 Å². The standard InChI is InChI=1S/C22H20N2O3/c1-14(2)24-20(25)12-11-18(23-24)21-17-10-9-16(26-3)13-19(17)27-22(21)15-7-5-4-6-8-15/h4-14H,1-3H3. The van der Waals surface area contributed by atoms with Crippen LogP contribution >= 0.6 is 0 Å². The van der Waals surface area contributed by atoms with Gasteiger partial charge in [0.2, 0.25) is 0 Å². The van der Waals surface area contributed by atoms with Crippen LogP contribution in [0.5, 0.6) is 5.75 Å². The van der Waals surface area contributed by atoms with Crippen molar-refractivity contribution in [1.29, 1.82) is 0 Å². The highest BCUT2D eigenvalue weighted by atomic mass is 16.5. The van der Waals surface area contributed by atoms with E-state index in [4.69, 9.17) is 9.15 Å². The van der Waals surface area contributed by atoms with Gasteiger partial charge in [-0.05, 0) is 32.0 Å². The number of furan rings is 1. The summed E-state index contributed by atoms with van der Waals surface area (Å²) < 4.78 is 13.0. The fraction of sp³-hybridized carbons (Fsp3) is 0.182. The minimum Gasteiger partial charge on any atom is -0.497 e. The second kappa shape index (κ2) is 6.76. The van der Waals surface area contributed by atoms with E-state index in [2.05, 4.69) is 5.10 Å². The number of hydrogen-bond donors (Lipinski definition) is 0. The van der Waals surface area contributed by atoms with Crippen LogP contribution in [0.25, 0.3) is 33.6 Å². The van der Waals surface area contributed by atoms with E-state index in [1.165, 1.54) is 4.68 Å². The van der Waals surface area contributed by atoms with Gasteiger partial charge in [0, 0.05) is 23.1 Å². The number of nitrogens with zero attached hydrogens (tertiary/aromatic N) is 2. The van der Waals surface area contributed by atoms with Crippen LogP contribution in [-0.4, -0.2) is 16.9 Å². The van der Waals surface area contributed by atoms with E-state index in [0.717, 1.165) is 28.0 Å². The van der Waals surface area contributed by atoms with Gasteiger partial charge in [-0.2, -0.15) is 5.10 Å². The fourth-order valence-electron chi connectivity index (χ4n) is 3.18. The Morgan fingerprint density at radius 3 is 2.52 bits per heavy atom. The second-order valence-corrected chi connectivity index (χ2v) is 6.63. The summed E-state index contributed by atoms with van der Waals surface area (Å²) in [7, 11) is 1.63. The van der Waals surface area contributed by atoms with Crippen LogP contribution in [0.15, 0.2) is 69.9 Å². The molecule has 0 bridgehead atoms. The summed E-state index contributed by atoms with van der Waals surface area (Å²) in [6.07, 6.45) is 0. The van der Waals surface area contributed by atoms with Crippen molar-refractivity contribution in [1.82, 2.24) is 9.78 Å². The predicted molar refractivity (Wildman–Crippen MR) is 106 cm³/mol. The number of rotatable bonds is 4. The second-order valence-electron chi connectivity index (χ2n) is 6.63. The molecule has 0 saturated carbocycles. The molecule has 136 valence electrons. The van der Waals surface area contributed by atoms with E-state index >= 15 is 0 Å². The predicted octanol–water partition coefficient (Wildman–Crippen LogP) is 4.91. The summed E-state index contributed by atoms with van der Waals surface area (Å²) in [4.78, 5) is 12.1. The molecule has 0 aliphatic carbocycles. The highest BCUT2D eigenvalue weighted by Gasteiger charge is 2.20. The molecular weight excluding hydrogens is 340 g/mol. The van der Waals surface area contributed by atoms with Crippen molar-refractivity contribution in [2.24, 2.45) is 0 Å². The Kier molecular flexibility index (Phi) is 4.28. The fourth-order valence-corrected chi connectivity index (χ4v) is 3.18. The Balaban J connectivity index is 2.04. The number of aromatic nitrogens is 2. The van der Waals surface area contributed by atoms with Crippen LogP contribution in [0.3, 0.4) is 0 Å². The van der Waals surface area contributed by atoms with Crippen LogP contribution in [0, 0.1) is 0 Å². The Labute approximate surface area is 156 Å². The first-order valence-electron chi connectivity index (χ1n) is 8.84. The number of benzene rings is 2. The molecule has 0 saturated heterocycles. The number of ether oxygens (including phenoxy) is 1. The Bertz CT molecular complexity index is 1160. The molecule has 4 rings (SSSR count). The van der Waals surface area contributed by atoms with Crippen molar-refractivity contribution in [2.75, 3.05) is 7.11 Å². The third-order valence-corrected chi connectivity index (χ3v) is 4.50. The lowest BCUT2D eigenvalue weighted by molar-refractivity contribution is 0.414. The van der Waals surface area contributed by atoms with E-state index in [1.54, 1.807) is 19.2 Å². The van der Waals surface area contributed by atoms with Gasteiger partial charge in [0.25, 0.3) is 5.56 Å². The minimum atomic E-state index is -0.121. The normalized spacial score (nSPS) is 11.3. The van der Waals surface area contributed by atoms with Gasteiger partial charge in [-0.3, -0.25) is 4.79 Å². The number of methoxy groups -OCH3 is 1. The summed E-state index contributed by atoms with van der Waals surface area (Å²) in [5.74, 6) is 1.45. The Hall–Kier alpha value is -3.34. The Morgan fingerprint density at radius 2 is 1.81 bits per heavy atom. The third-order valence-electron chi connectivity index (χ3n) is 4.50. The maximum Gasteiger partial charge on any atom is 0.267 e. The molecule has 0 unspecified atom stereocenters. The Morgan fingerprint density at radius 1 is 1.04 bits per heavy atom. The molecule has 5 nitrogen and oxygen atoms in total. The van der Waals surface area contributed by atoms with Crippen molar-refractivity contribution in [2.45, 2.75) is 19.9 Å². The topological polar surface area (TPSA) is 57.3 Å². The van der Waals surface area contributed by atoms with Crippen molar-refractivity contribution in [3.05, 3.63) is 71.0 Å². The van der Waals surface area contributed by atoms with Gasteiger partial charge in [0.05, 0.1) is 24.4 Å². The van der Waals surface area contributed by atoms with Crippen LogP contribution in [0.2, 0.25) is 0 Å². The molecule has 0 aliphatic heterocycles. The summed E-state index contributed by atoms with van der Waals surface area (Å²) >= 11 is 0. The highest BCUT2D eigenvalue weighted by molar-refractivity contribution is 6.01. The summed E-state index contributed by atoms with van der Waals surface area (Å²) in [5, 5.41) is 5.53. The van der Waals surface area contributed by atoms with E-state index in [-0.39, 0.29) is 11.6 Å². The summed E-state index contributed by atoms with van der Waals surface area (Å²) in [5.41, 5.74) is 3.11. The summed E-state index contributed by atoms with van der Waals surface area (Å²) in [6.45, 7) is 3.88. The molecule has 2 aromatic carbocycles. The third kappa shape index (κ3) is 3.01. The van der Waals surface area contributed by atoms with Gasteiger partial charge in [-0.1, -0.05) is 30.3 Å². The first kappa shape index (κ1) is 17.1. The molecule has 5 heteroatoms. The molecule has 0 radical (unpaired) electrons. The zero-order valence-corrected chi connectivity index (χ0v) is 15.5. The van der Waals surface area contributed by atoms with Crippen LogP contribution in [-0.2, 0) is 0 Å². The molecule has 0 aliphatic rings. The molecule has 2 heterocycles. The first-order valence-corrected chi connectivity index (χ1v) is 8.84. The van der Waals surface area contributed by atoms with Gasteiger partial charge >= 0.3 is 0 Å². The zero-order valence-electron chi connectivity index (χ0n) is 15.5. The summed E-state index contributed by atoms with van der Waals surface area (Å²) in [6, 6.07) is 18.9. The van der Waals surface area contributed by atoms with Crippen molar-refractivity contribution < 1.29 is 9.15 Å². The van der Waals surface area contributed by atoms with Crippen molar-refractivity contribution in [3.8, 4) is 28.3 Å². The number of hydrogen-bond acceptors (Lipinski definition) is 4. The molecule has 0 atom stereocenters. The molecule has 0 spiro atoms. The zero-order chi connectivity index (χ0) is 19.0. The van der Waals surface area contributed by atoms with Gasteiger partial charge in [0.15, 0.2) is 0 Å². The lowest BCUT2D eigenvalue weighted by atomic mass is 10.0. The van der Waals surface area contributed by atoms with Gasteiger partial charge in [0.1, 0.15) is 17.1 Å². The molecule has 0 amide bonds. The molecule has 27 heavy (non-hydrogen) atoms. The maximum atomic E-state index is 12.1. The van der Waals surface area contributed by atoms with Crippen LogP contribution < -0.4 is 10.3 Å². The van der Waals surface area contributed by atoms with E-state index in [9.17, 15) is 4.79 Å². The average Bonchev–Trinajstić information content (AvgIpc) is 3.07. The average molecular weight is 360 g/mol. The van der Waals surface area contributed by atoms with Crippen LogP contribution in [0.4, 0.5) is 0 Å².